The second kappa shape index (κ2) is 6.93. The summed E-state index contributed by atoms with van der Waals surface area (Å²) in [5.74, 6) is 0. The van der Waals surface area contributed by atoms with Crippen LogP contribution < -0.4 is 10.0 Å². The molecule has 0 aliphatic carbocycles. The molecule has 1 aliphatic heterocycles. The highest BCUT2D eigenvalue weighted by Crippen LogP contribution is 2.19. The van der Waals surface area contributed by atoms with Gasteiger partial charge in [0.1, 0.15) is 0 Å². The van der Waals surface area contributed by atoms with Crippen molar-refractivity contribution in [2.24, 2.45) is 5.14 Å². The number of nitrogens with zero attached hydrogens (tertiary/aromatic N) is 2. The molecule has 0 amide bonds. The van der Waals surface area contributed by atoms with Crippen LogP contribution in [0.5, 0.6) is 0 Å². The lowest BCUT2D eigenvalue weighted by Gasteiger charge is -2.36. The van der Waals surface area contributed by atoms with E-state index in [9.17, 15) is 8.42 Å². The van der Waals surface area contributed by atoms with Crippen molar-refractivity contribution < 1.29 is 8.42 Å². The Morgan fingerprint density at radius 3 is 2.04 bits per heavy atom. The molecule has 24 heavy (non-hydrogen) atoms. The van der Waals surface area contributed by atoms with Gasteiger partial charge in [-0.25, -0.2) is 13.6 Å². The molecule has 1 heterocycles. The van der Waals surface area contributed by atoms with Crippen LogP contribution in [0.3, 0.4) is 0 Å². The van der Waals surface area contributed by atoms with Gasteiger partial charge in [0.25, 0.3) is 0 Å². The summed E-state index contributed by atoms with van der Waals surface area (Å²) in [5, 5.41) is 5.14. The number of aryl methyl sites for hydroxylation is 1. The fraction of sp³-hybridized carbons (Fsp3) is 0.333. The first-order chi connectivity index (χ1) is 11.4. The number of rotatable bonds is 4. The monoisotopic (exact) mass is 345 g/mol. The fourth-order valence-electron chi connectivity index (χ4n) is 2.96. The van der Waals surface area contributed by atoms with Gasteiger partial charge in [0.15, 0.2) is 0 Å². The molecule has 2 aromatic carbocycles. The van der Waals surface area contributed by atoms with Gasteiger partial charge < -0.3 is 4.90 Å². The summed E-state index contributed by atoms with van der Waals surface area (Å²) in [7, 11) is -3.62. The lowest BCUT2D eigenvalue weighted by molar-refractivity contribution is 0.250. The molecule has 1 fully saturated rings. The van der Waals surface area contributed by atoms with Crippen LogP contribution in [0.1, 0.15) is 11.1 Å². The summed E-state index contributed by atoms with van der Waals surface area (Å²) in [6.45, 7) is 6.92. The molecular formula is C18H23N3O2S. The summed E-state index contributed by atoms with van der Waals surface area (Å²) in [5.41, 5.74) is 3.66. The van der Waals surface area contributed by atoms with Gasteiger partial charge in [0.2, 0.25) is 10.0 Å². The molecule has 2 N–H and O–H groups in total. The lowest BCUT2D eigenvalue weighted by atomic mass is 10.1. The predicted octanol–water partition coefficient (Wildman–Crippen LogP) is 1.96. The number of nitrogens with two attached hydrogens (primary N) is 1. The van der Waals surface area contributed by atoms with Crippen molar-refractivity contribution in [3.8, 4) is 0 Å². The Balaban J connectivity index is 1.57. The molecule has 128 valence electrons. The largest absolute Gasteiger partial charge is 0.369 e. The van der Waals surface area contributed by atoms with Gasteiger partial charge in [-0.05, 0) is 36.8 Å². The molecule has 0 bridgehead atoms. The number of anilines is 1. The third-order valence-corrected chi connectivity index (χ3v) is 5.36. The van der Waals surface area contributed by atoms with Crippen molar-refractivity contribution in [1.29, 1.82) is 0 Å². The quantitative estimate of drug-likeness (QED) is 0.920. The van der Waals surface area contributed by atoms with Gasteiger partial charge in [-0.1, -0.05) is 29.8 Å². The van der Waals surface area contributed by atoms with Gasteiger partial charge in [-0.3, -0.25) is 4.90 Å². The summed E-state index contributed by atoms with van der Waals surface area (Å²) < 4.78 is 22.6. The maximum atomic E-state index is 11.3. The van der Waals surface area contributed by atoms with Crippen molar-refractivity contribution in [2.45, 2.75) is 18.4 Å². The topological polar surface area (TPSA) is 66.6 Å². The molecule has 0 aromatic heterocycles. The molecule has 0 saturated carbocycles. The molecule has 0 unspecified atom stereocenters. The number of primary sulfonamides is 1. The van der Waals surface area contributed by atoms with E-state index < -0.39 is 10.0 Å². The van der Waals surface area contributed by atoms with Crippen molar-refractivity contribution >= 4 is 15.7 Å². The van der Waals surface area contributed by atoms with Crippen LogP contribution in [0.25, 0.3) is 0 Å². The lowest BCUT2D eigenvalue weighted by Crippen LogP contribution is -2.45. The summed E-state index contributed by atoms with van der Waals surface area (Å²) >= 11 is 0. The van der Waals surface area contributed by atoms with Gasteiger partial charge >= 0.3 is 0 Å². The Morgan fingerprint density at radius 2 is 1.50 bits per heavy atom. The molecule has 2 aromatic rings. The van der Waals surface area contributed by atoms with Crippen molar-refractivity contribution in [2.75, 3.05) is 31.1 Å². The van der Waals surface area contributed by atoms with Gasteiger partial charge in [0, 0.05) is 38.4 Å². The van der Waals surface area contributed by atoms with Crippen LogP contribution >= 0.6 is 0 Å². The summed E-state index contributed by atoms with van der Waals surface area (Å²) in [6, 6.07) is 15.5. The second-order valence-corrected chi connectivity index (χ2v) is 7.85. The summed E-state index contributed by atoms with van der Waals surface area (Å²) in [6.07, 6.45) is 0. The minimum atomic E-state index is -3.62. The van der Waals surface area contributed by atoms with Crippen molar-refractivity contribution in [1.82, 2.24) is 4.90 Å². The van der Waals surface area contributed by atoms with E-state index in [2.05, 4.69) is 41.0 Å². The number of sulfonamides is 1. The first-order valence-corrected chi connectivity index (χ1v) is 9.62. The van der Waals surface area contributed by atoms with Crippen LogP contribution in [0, 0.1) is 6.92 Å². The zero-order chi connectivity index (χ0) is 17.2. The Bertz CT molecular complexity index is 778. The number of piperazine rings is 1. The maximum Gasteiger partial charge on any atom is 0.238 e. The average molecular weight is 345 g/mol. The minimum Gasteiger partial charge on any atom is -0.369 e. The van der Waals surface area contributed by atoms with E-state index in [1.807, 2.05) is 12.1 Å². The molecule has 0 spiro atoms. The fourth-order valence-corrected chi connectivity index (χ4v) is 3.48. The smallest absolute Gasteiger partial charge is 0.238 e. The van der Waals surface area contributed by atoms with Gasteiger partial charge in [0.05, 0.1) is 4.90 Å². The molecule has 0 atom stereocenters. The van der Waals surface area contributed by atoms with Crippen LogP contribution in [-0.4, -0.2) is 39.5 Å². The molecular weight excluding hydrogens is 322 g/mol. The molecule has 1 saturated heterocycles. The number of benzene rings is 2. The average Bonchev–Trinajstić information content (AvgIpc) is 2.57. The second-order valence-electron chi connectivity index (χ2n) is 6.29. The third kappa shape index (κ3) is 4.14. The molecule has 3 rings (SSSR count). The molecule has 1 aliphatic rings. The predicted molar refractivity (Wildman–Crippen MR) is 96.5 cm³/mol. The van der Waals surface area contributed by atoms with E-state index in [4.69, 9.17) is 5.14 Å². The Hall–Kier alpha value is -1.89. The normalized spacial score (nSPS) is 16.3. The molecule has 5 nitrogen and oxygen atoms in total. The van der Waals surface area contributed by atoms with Crippen LogP contribution in [0.4, 0.5) is 5.69 Å². The first kappa shape index (κ1) is 17.0. The van der Waals surface area contributed by atoms with Gasteiger partial charge in [-0.2, -0.15) is 0 Å². The first-order valence-electron chi connectivity index (χ1n) is 8.07. The van der Waals surface area contributed by atoms with E-state index in [0.717, 1.165) is 38.4 Å². The highest BCUT2D eigenvalue weighted by Gasteiger charge is 2.18. The highest BCUT2D eigenvalue weighted by molar-refractivity contribution is 7.89. The SMILES string of the molecule is Cc1ccc(CN2CCN(c3ccc(S(N)(=O)=O)cc3)CC2)cc1. The Morgan fingerprint density at radius 1 is 0.917 bits per heavy atom. The van der Waals surface area contributed by atoms with E-state index in [1.165, 1.54) is 11.1 Å². The van der Waals surface area contributed by atoms with Crippen LogP contribution in [-0.2, 0) is 16.6 Å². The minimum absolute atomic E-state index is 0.157. The van der Waals surface area contributed by atoms with Crippen molar-refractivity contribution in [3.05, 3.63) is 59.7 Å². The van der Waals surface area contributed by atoms with Crippen molar-refractivity contribution in [3.63, 3.8) is 0 Å². The Labute approximate surface area is 143 Å². The summed E-state index contributed by atoms with van der Waals surface area (Å²) in [4.78, 5) is 4.88. The van der Waals surface area contributed by atoms with E-state index >= 15 is 0 Å². The highest BCUT2D eigenvalue weighted by atomic mass is 32.2. The molecule has 0 radical (unpaired) electrons. The zero-order valence-electron chi connectivity index (χ0n) is 13.9. The Kier molecular flexibility index (Phi) is 4.89. The van der Waals surface area contributed by atoms with E-state index in [0.29, 0.717) is 0 Å². The van der Waals surface area contributed by atoms with Crippen LogP contribution in [0.15, 0.2) is 53.4 Å². The molecule has 6 heteroatoms. The van der Waals surface area contributed by atoms with Gasteiger partial charge in [-0.15, -0.1) is 0 Å². The number of hydrogen-bond donors (Lipinski definition) is 1. The standard InChI is InChI=1S/C18H23N3O2S/c1-15-2-4-16(5-3-15)14-20-10-12-21(13-11-20)17-6-8-18(9-7-17)24(19,22)23/h2-9H,10-14H2,1H3,(H2,19,22,23). The number of hydrogen-bond acceptors (Lipinski definition) is 4. The van der Waals surface area contributed by atoms with E-state index in [-0.39, 0.29) is 4.90 Å². The van der Waals surface area contributed by atoms with Crippen LogP contribution in [0.2, 0.25) is 0 Å². The third-order valence-electron chi connectivity index (χ3n) is 4.43. The zero-order valence-corrected chi connectivity index (χ0v) is 14.7. The van der Waals surface area contributed by atoms with E-state index in [1.54, 1.807) is 12.1 Å². The maximum absolute atomic E-state index is 11.3.